The van der Waals surface area contributed by atoms with E-state index in [0.717, 1.165) is 28.2 Å². The van der Waals surface area contributed by atoms with E-state index < -0.39 is 23.7 Å². The molecule has 0 bridgehead atoms. The van der Waals surface area contributed by atoms with Crippen molar-refractivity contribution in [3.63, 3.8) is 0 Å². The van der Waals surface area contributed by atoms with Crippen LogP contribution in [0.15, 0.2) is 63.6 Å². The lowest BCUT2D eigenvalue weighted by Gasteiger charge is -2.32. The number of hydrogen-bond donors (Lipinski definition) is 1. The number of thioether (sulfide) groups is 1. The minimum atomic E-state index is -1.20. The van der Waals surface area contributed by atoms with E-state index >= 15 is 0 Å². The molecule has 7 nitrogen and oxygen atoms in total. The van der Waals surface area contributed by atoms with Gasteiger partial charge in [0.25, 0.3) is 0 Å². The fraction of sp³-hybridized carbons (Fsp3) is 0.280. The average molecular weight is 540 g/mol. The standard InChI is InChI=1S/C25H22BrN3O4S/c1-33-25(32)22-21(16-7-4-8-18(26)11-16)19(12-27)24(28-23(22)31)34-14-20(30)29-10-9-15-5-2-3-6-17(15)13-29/h2-8,11,21-22H,9-10,13-14H2,1H3,(H,28,31)/t21-,22-/m0/s1. The number of hydrogen-bond acceptors (Lipinski definition) is 6. The molecule has 2 aromatic carbocycles. The molecule has 0 radical (unpaired) electrons. The number of methoxy groups -OCH3 is 1. The van der Waals surface area contributed by atoms with Gasteiger partial charge in [0.2, 0.25) is 11.8 Å². The van der Waals surface area contributed by atoms with Crippen molar-refractivity contribution in [3.8, 4) is 6.07 Å². The van der Waals surface area contributed by atoms with Crippen LogP contribution in [0.3, 0.4) is 0 Å². The zero-order valence-corrected chi connectivity index (χ0v) is 20.8. The smallest absolute Gasteiger partial charge is 0.319 e. The fourth-order valence-electron chi connectivity index (χ4n) is 4.31. The van der Waals surface area contributed by atoms with Crippen LogP contribution in [0.1, 0.15) is 22.6 Å². The summed E-state index contributed by atoms with van der Waals surface area (Å²) >= 11 is 4.52. The third kappa shape index (κ3) is 4.88. The number of nitriles is 1. The number of benzene rings is 2. The topological polar surface area (TPSA) is 99.5 Å². The summed E-state index contributed by atoms with van der Waals surface area (Å²) in [7, 11) is 1.21. The Balaban J connectivity index is 1.59. The zero-order chi connectivity index (χ0) is 24.2. The van der Waals surface area contributed by atoms with Gasteiger partial charge in [-0.15, -0.1) is 0 Å². The SMILES string of the molecule is COC(=O)[C@@H]1C(=O)NC(SCC(=O)N2CCc3ccccc3C2)=C(C#N)[C@@H]1c1cccc(Br)c1. The number of nitrogens with zero attached hydrogens (tertiary/aromatic N) is 2. The van der Waals surface area contributed by atoms with E-state index in [1.165, 1.54) is 12.7 Å². The van der Waals surface area contributed by atoms with Crippen molar-refractivity contribution in [2.75, 3.05) is 19.4 Å². The van der Waals surface area contributed by atoms with Crippen LogP contribution >= 0.6 is 27.7 Å². The molecule has 0 saturated heterocycles. The normalized spacial score (nSPS) is 19.7. The second-order valence-corrected chi connectivity index (χ2v) is 9.90. The van der Waals surface area contributed by atoms with E-state index in [-0.39, 0.29) is 17.2 Å². The van der Waals surface area contributed by atoms with Gasteiger partial charge in [-0.25, -0.2) is 0 Å². The van der Waals surface area contributed by atoms with E-state index in [1.807, 2.05) is 24.3 Å². The van der Waals surface area contributed by atoms with Crippen molar-refractivity contribution in [2.45, 2.75) is 18.9 Å². The van der Waals surface area contributed by atoms with Crippen LogP contribution in [0.5, 0.6) is 0 Å². The van der Waals surface area contributed by atoms with Gasteiger partial charge < -0.3 is 15.0 Å². The quantitative estimate of drug-likeness (QED) is 0.461. The fourth-order valence-corrected chi connectivity index (χ4v) is 5.68. The molecule has 4 rings (SSSR count). The first-order valence-corrected chi connectivity index (χ1v) is 12.5. The van der Waals surface area contributed by atoms with Crippen LogP contribution in [-0.2, 0) is 32.1 Å². The highest BCUT2D eigenvalue weighted by Gasteiger charge is 2.44. The van der Waals surface area contributed by atoms with Crippen LogP contribution in [0, 0.1) is 17.2 Å². The Morgan fingerprint density at radius 2 is 2.00 bits per heavy atom. The molecule has 0 unspecified atom stereocenters. The third-order valence-electron chi connectivity index (χ3n) is 6.01. The molecule has 1 N–H and O–H groups in total. The van der Waals surface area contributed by atoms with E-state index in [0.29, 0.717) is 23.7 Å². The van der Waals surface area contributed by atoms with Crippen LogP contribution in [0.25, 0.3) is 0 Å². The summed E-state index contributed by atoms with van der Waals surface area (Å²) in [5.74, 6) is -3.31. The Hall–Kier alpha value is -3.09. The lowest BCUT2D eigenvalue weighted by Crippen LogP contribution is -2.44. The molecule has 2 aliphatic heterocycles. The number of esters is 1. The molecule has 0 spiro atoms. The van der Waals surface area contributed by atoms with Gasteiger partial charge in [-0.1, -0.05) is 64.1 Å². The lowest BCUT2D eigenvalue weighted by molar-refractivity contribution is -0.150. The second-order valence-electron chi connectivity index (χ2n) is 8.00. The summed E-state index contributed by atoms with van der Waals surface area (Å²) < 4.78 is 5.62. The highest BCUT2D eigenvalue weighted by Crippen LogP contribution is 2.40. The van der Waals surface area contributed by atoms with Crippen molar-refractivity contribution < 1.29 is 19.1 Å². The molecular formula is C25H22BrN3O4S. The van der Waals surface area contributed by atoms with E-state index in [4.69, 9.17) is 4.74 Å². The number of fused-ring (bicyclic) bond motifs is 1. The van der Waals surface area contributed by atoms with Crippen molar-refractivity contribution in [2.24, 2.45) is 5.92 Å². The summed E-state index contributed by atoms with van der Waals surface area (Å²) in [6, 6.07) is 17.4. The molecule has 0 fully saturated rings. The molecule has 0 saturated carbocycles. The summed E-state index contributed by atoms with van der Waals surface area (Å²) in [4.78, 5) is 40.2. The van der Waals surface area contributed by atoms with Crippen LogP contribution < -0.4 is 5.32 Å². The van der Waals surface area contributed by atoms with E-state index in [2.05, 4.69) is 33.4 Å². The van der Waals surface area contributed by atoms with Gasteiger partial charge >= 0.3 is 5.97 Å². The highest BCUT2D eigenvalue weighted by molar-refractivity contribution is 9.10. The van der Waals surface area contributed by atoms with E-state index in [1.54, 1.807) is 23.1 Å². The molecule has 2 aliphatic rings. The maximum absolute atomic E-state index is 12.9. The van der Waals surface area contributed by atoms with Gasteiger partial charge in [-0.2, -0.15) is 5.26 Å². The molecule has 2 atom stereocenters. The molecular weight excluding hydrogens is 518 g/mol. The number of nitrogens with one attached hydrogen (secondary N) is 1. The van der Waals surface area contributed by atoms with Gasteiger partial charge in [0, 0.05) is 23.5 Å². The van der Waals surface area contributed by atoms with Gasteiger partial charge in [0.05, 0.1) is 29.5 Å². The predicted molar refractivity (Wildman–Crippen MR) is 131 cm³/mol. The number of amides is 2. The monoisotopic (exact) mass is 539 g/mol. The van der Waals surface area contributed by atoms with Crippen LogP contribution in [0.4, 0.5) is 0 Å². The number of rotatable bonds is 5. The van der Waals surface area contributed by atoms with Gasteiger partial charge in [0.1, 0.15) is 5.92 Å². The molecule has 2 aromatic rings. The van der Waals surface area contributed by atoms with Crippen molar-refractivity contribution >= 4 is 45.5 Å². The maximum Gasteiger partial charge on any atom is 0.319 e. The number of carbonyl (C=O) groups excluding carboxylic acids is 3. The summed E-state index contributed by atoms with van der Waals surface area (Å²) in [5.41, 5.74) is 3.24. The van der Waals surface area contributed by atoms with Crippen LogP contribution in [-0.4, -0.2) is 42.1 Å². The highest BCUT2D eigenvalue weighted by atomic mass is 79.9. The first-order chi connectivity index (χ1) is 16.4. The Morgan fingerprint density at radius 1 is 1.24 bits per heavy atom. The number of carbonyl (C=O) groups is 3. The molecule has 174 valence electrons. The Labute approximate surface area is 210 Å². The first-order valence-electron chi connectivity index (χ1n) is 10.7. The minimum absolute atomic E-state index is 0.0665. The average Bonchev–Trinajstić information content (AvgIpc) is 2.86. The third-order valence-corrected chi connectivity index (χ3v) is 7.51. The summed E-state index contributed by atoms with van der Waals surface area (Å²) in [5, 5.41) is 13.0. The van der Waals surface area contributed by atoms with Gasteiger partial charge in [0.15, 0.2) is 0 Å². The Bertz CT molecular complexity index is 1220. The Kier molecular flexibility index (Phi) is 7.39. The number of allylic oxidation sites excluding steroid dienone is 1. The first kappa shape index (κ1) is 24.0. The largest absolute Gasteiger partial charge is 0.468 e. The minimum Gasteiger partial charge on any atom is -0.468 e. The summed E-state index contributed by atoms with van der Waals surface area (Å²) in [6.45, 7) is 1.16. The van der Waals surface area contributed by atoms with Crippen LogP contribution in [0.2, 0.25) is 0 Å². The maximum atomic E-state index is 12.9. The molecule has 0 aliphatic carbocycles. The van der Waals surface area contributed by atoms with Crippen molar-refractivity contribution in [3.05, 3.63) is 80.3 Å². The number of halogens is 1. The van der Waals surface area contributed by atoms with Crippen molar-refractivity contribution in [1.82, 2.24) is 10.2 Å². The van der Waals surface area contributed by atoms with Gasteiger partial charge in [-0.3, -0.25) is 14.4 Å². The molecule has 0 aromatic heterocycles. The molecule has 34 heavy (non-hydrogen) atoms. The summed E-state index contributed by atoms with van der Waals surface area (Å²) in [6.07, 6.45) is 0.793. The molecule has 9 heteroatoms. The Morgan fingerprint density at radius 3 is 2.71 bits per heavy atom. The lowest BCUT2D eigenvalue weighted by atomic mass is 9.78. The zero-order valence-electron chi connectivity index (χ0n) is 18.4. The van der Waals surface area contributed by atoms with E-state index in [9.17, 15) is 19.6 Å². The predicted octanol–water partition coefficient (Wildman–Crippen LogP) is 3.50. The van der Waals surface area contributed by atoms with Gasteiger partial charge in [-0.05, 0) is 35.2 Å². The second kappa shape index (κ2) is 10.5. The van der Waals surface area contributed by atoms with Crippen molar-refractivity contribution in [1.29, 1.82) is 5.26 Å². The molecule has 2 heterocycles. The molecule has 2 amide bonds. The number of ether oxygens (including phenoxy) is 1.